The maximum Gasteiger partial charge on any atom is 0.123 e. The first-order valence-corrected chi connectivity index (χ1v) is 6.76. The minimum atomic E-state index is -0.193. The van der Waals surface area contributed by atoms with Crippen LogP contribution in [0.4, 0.5) is 4.39 Å². The molecule has 3 rings (SSSR count). The van der Waals surface area contributed by atoms with Crippen molar-refractivity contribution >= 4 is 0 Å². The Morgan fingerprint density at radius 1 is 1.00 bits per heavy atom. The molecule has 0 aliphatic heterocycles. The van der Waals surface area contributed by atoms with Crippen molar-refractivity contribution in [3.8, 4) is 0 Å². The number of nitrogens with two attached hydrogens (primary N) is 1. The molecule has 1 atom stereocenters. The number of hydrogen-bond donors (Lipinski definition) is 1. The maximum absolute atomic E-state index is 12.9. The quantitative estimate of drug-likeness (QED) is 0.890. The minimum Gasteiger partial charge on any atom is -0.327 e. The molecule has 2 aromatic rings. The predicted molar refractivity (Wildman–Crippen MR) is 75.4 cm³/mol. The molecule has 1 aliphatic carbocycles. The van der Waals surface area contributed by atoms with Gasteiger partial charge in [-0.3, -0.25) is 0 Å². The van der Waals surface area contributed by atoms with Crippen LogP contribution in [-0.2, 0) is 11.8 Å². The Balaban J connectivity index is 1.77. The summed E-state index contributed by atoms with van der Waals surface area (Å²) in [5.74, 6) is -0.193. The topological polar surface area (TPSA) is 26.0 Å². The molecule has 98 valence electrons. The van der Waals surface area contributed by atoms with Crippen LogP contribution < -0.4 is 5.73 Å². The number of rotatable bonds is 4. The van der Waals surface area contributed by atoms with Crippen LogP contribution in [-0.4, -0.2) is 6.04 Å². The van der Waals surface area contributed by atoms with E-state index in [-0.39, 0.29) is 17.3 Å². The zero-order valence-corrected chi connectivity index (χ0v) is 10.9. The van der Waals surface area contributed by atoms with Crippen molar-refractivity contribution < 1.29 is 4.39 Å². The van der Waals surface area contributed by atoms with Gasteiger partial charge in [0, 0.05) is 11.5 Å². The predicted octanol–water partition coefficient (Wildman–Crippen LogP) is 3.43. The van der Waals surface area contributed by atoms with Crippen molar-refractivity contribution in [3.05, 3.63) is 71.5 Å². The summed E-state index contributed by atoms with van der Waals surface area (Å²) in [6.07, 6.45) is 3.11. The van der Waals surface area contributed by atoms with Crippen LogP contribution in [0, 0.1) is 5.82 Å². The smallest absolute Gasteiger partial charge is 0.123 e. The van der Waals surface area contributed by atoms with Gasteiger partial charge in [0.05, 0.1) is 0 Å². The molecular weight excluding hydrogens is 237 g/mol. The second-order valence-electron chi connectivity index (χ2n) is 5.46. The Morgan fingerprint density at radius 3 is 2.21 bits per heavy atom. The summed E-state index contributed by atoms with van der Waals surface area (Å²) in [4.78, 5) is 0. The molecule has 2 heteroatoms. The maximum atomic E-state index is 12.9. The third kappa shape index (κ3) is 2.41. The fourth-order valence-corrected chi connectivity index (χ4v) is 2.85. The van der Waals surface area contributed by atoms with Crippen LogP contribution in [0.2, 0.25) is 0 Å². The molecule has 1 unspecified atom stereocenters. The first kappa shape index (κ1) is 12.4. The molecule has 0 bridgehead atoms. The van der Waals surface area contributed by atoms with Gasteiger partial charge in [-0.1, -0.05) is 42.5 Å². The summed E-state index contributed by atoms with van der Waals surface area (Å²) < 4.78 is 12.9. The molecule has 19 heavy (non-hydrogen) atoms. The van der Waals surface area contributed by atoms with E-state index in [1.807, 2.05) is 18.2 Å². The minimum absolute atomic E-state index is 0.0976. The molecule has 0 spiro atoms. The summed E-state index contributed by atoms with van der Waals surface area (Å²) >= 11 is 0. The van der Waals surface area contributed by atoms with E-state index in [9.17, 15) is 4.39 Å². The largest absolute Gasteiger partial charge is 0.327 e. The Hall–Kier alpha value is -1.67. The Kier molecular flexibility index (Phi) is 3.11. The van der Waals surface area contributed by atoms with Gasteiger partial charge >= 0.3 is 0 Å². The lowest BCUT2D eigenvalue weighted by molar-refractivity contribution is 0.513. The van der Waals surface area contributed by atoms with Gasteiger partial charge in [0.25, 0.3) is 0 Å². The number of hydrogen-bond acceptors (Lipinski definition) is 1. The van der Waals surface area contributed by atoms with E-state index < -0.39 is 0 Å². The fourth-order valence-electron chi connectivity index (χ4n) is 2.85. The second kappa shape index (κ2) is 4.78. The van der Waals surface area contributed by atoms with E-state index in [0.717, 1.165) is 24.8 Å². The highest BCUT2D eigenvalue weighted by atomic mass is 19.1. The van der Waals surface area contributed by atoms with Crippen LogP contribution in [0.15, 0.2) is 54.6 Å². The monoisotopic (exact) mass is 255 g/mol. The number of halogens is 1. The highest BCUT2D eigenvalue weighted by Crippen LogP contribution is 2.50. The molecule has 0 aromatic heterocycles. The van der Waals surface area contributed by atoms with Gasteiger partial charge in [-0.05, 0) is 42.5 Å². The molecule has 0 saturated heterocycles. The van der Waals surface area contributed by atoms with Gasteiger partial charge in [0.2, 0.25) is 0 Å². The van der Waals surface area contributed by atoms with Crippen LogP contribution in [0.5, 0.6) is 0 Å². The summed E-state index contributed by atoms with van der Waals surface area (Å²) in [7, 11) is 0. The lowest BCUT2D eigenvalue weighted by Crippen LogP contribution is -2.36. The van der Waals surface area contributed by atoms with Crippen molar-refractivity contribution in [2.45, 2.75) is 30.7 Å². The van der Waals surface area contributed by atoms with Gasteiger partial charge < -0.3 is 5.73 Å². The highest BCUT2D eigenvalue weighted by molar-refractivity contribution is 5.34. The molecule has 0 amide bonds. The van der Waals surface area contributed by atoms with E-state index in [1.165, 1.54) is 17.7 Å². The average Bonchev–Trinajstić information content (AvgIpc) is 3.24. The van der Waals surface area contributed by atoms with Gasteiger partial charge in [-0.2, -0.15) is 0 Å². The van der Waals surface area contributed by atoms with Crippen LogP contribution >= 0.6 is 0 Å². The molecule has 0 heterocycles. The second-order valence-corrected chi connectivity index (χ2v) is 5.46. The summed E-state index contributed by atoms with van der Waals surface area (Å²) in [5, 5.41) is 0. The van der Waals surface area contributed by atoms with Crippen molar-refractivity contribution in [2.24, 2.45) is 5.73 Å². The van der Waals surface area contributed by atoms with E-state index in [0.29, 0.717) is 0 Å². The van der Waals surface area contributed by atoms with Gasteiger partial charge in [0.1, 0.15) is 5.82 Å². The normalized spacial score (nSPS) is 18.0. The number of benzene rings is 2. The van der Waals surface area contributed by atoms with Crippen molar-refractivity contribution in [3.63, 3.8) is 0 Å². The highest BCUT2D eigenvalue weighted by Gasteiger charge is 2.48. The van der Waals surface area contributed by atoms with Gasteiger partial charge in [0.15, 0.2) is 0 Å². The van der Waals surface area contributed by atoms with E-state index in [1.54, 1.807) is 0 Å². The summed E-state index contributed by atoms with van der Waals surface area (Å²) in [5.41, 5.74) is 9.00. The van der Waals surface area contributed by atoms with Crippen LogP contribution in [0.25, 0.3) is 0 Å². The fraction of sp³-hybridized carbons (Fsp3) is 0.294. The lowest BCUT2D eigenvalue weighted by atomic mass is 9.85. The van der Waals surface area contributed by atoms with Crippen molar-refractivity contribution in [1.29, 1.82) is 0 Å². The van der Waals surface area contributed by atoms with Crippen molar-refractivity contribution in [2.75, 3.05) is 0 Å². The van der Waals surface area contributed by atoms with E-state index in [2.05, 4.69) is 24.3 Å². The molecular formula is C17H18FN. The van der Waals surface area contributed by atoms with E-state index >= 15 is 0 Å². The Labute approximate surface area is 113 Å². The molecule has 2 N–H and O–H groups in total. The first-order valence-electron chi connectivity index (χ1n) is 6.76. The SMILES string of the molecule is NC(Cc1ccc(F)cc1)C1(c2ccccc2)CC1. The molecule has 1 saturated carbocycles. The van der Waals surface area contributed by atoms with Crippen LogP contribution in [0.3, 0.4) is 0 Å². The van der Waals surface area contributed by atoms with Crippen molar-refractivity contribution in [1.82, 2.24) is 0 Å². The van der Waals surface area contributed by atoms with E-state index in [4.69, 9.17) is 5.73 Å². The van der Waals surface area contributed by atoms with Crippen LogP contribution in [0.1, 0.15) is 24.0 Å². The van der Waals surface area contributed by atoms with Gasteiger partial charge in [-0.15, -0.1) is 0 Å². The lowest BCUT2D eigenvalue weighted by Gasteiger charge is -2.24. The zero-order valence-electron chi connectivity index (χ0n) is 10.9. The molecule has 1 aliphatic rings. The standard InChI is InChI=1S/C17H18FN/c18-15-8-6-13(7-9-15)12-16(19)17(10-11-17)14-4-2-1-3-5-14/h1-9,16H,10-12,19H2. The third-order valence-corrected chi connectivity index (χ3v) is 4.22. The molecule has 2 aromatic carbocycles. The first-order chi connectivity index (χ1) is 9.21. The molecule has 1 fully saturated rings. The third-order valence-electron chi connectivity index (χ3n) is 4.22. The molecule has 0 radical (unpaired) electrons. The molecule has 1 nitrogen and oxygen atoms in total. The Morgan fingerprint density at radius 2 is 1.63 bits per heavy atom. The summed E-state index contributed by atoms with van der Waals surface area (Å²) in [6.45, 7) is 0. The average molecular weight is 255 g/mol. The summed E-state index contributed by atoms with van der Waals surface area (Å²) in [6, 6.07) is 17.3. The van der Waals surface area contributed by atoms with Gasteiger partial charge in [-0.25, -0.2) is 4.39 Å². The zero-order chi connectivity index (χ0) is 13.3. The Bertz CT molecular complexity index is 543.